The van der Waals surface area contributed by atoms with Gasteiger partial charge in [0.15, 0.2) is 0 Å². The molecule has 2 aromatic rings. The maximum atomic E-state index is 5.98. The molecule has 0 aliphatic heterocycles. The summed E-state index contributed by atoms with van der Waals surface area (Å²) in [7, 11) is 2.08. The Morgan fingerprint density at radius 2 is 1.67 bits per heavy atom. The number of hydrogen-bond donors (Lipinski definition) is 0. The zero-order valence-corrected chi connectivity index (χ0v) is 11.6. The van der Waals surface area contributed by atoms with Crippen LogP contribution >= 0.6 is 11.6 Å². The first-order chi connectivity index (χ1) is 8.76. The average Bonchev–Trinajstić information content (AvgIpc) is 2.46. The minimum atomic E-state index is 0.535. The van der Waals surface area contributed by atoms with Gasteiger partial charge in [0.2, 0.25) is 0 Å². The van der Waals surface area contributed by atoms with Crippen LogP contribution in [0.3, 0.4) is 0 Å². The SMILES string of the molecule is CCc1ccc(N(C)c2ccccc2CCl)cc1. The molecule has 0 fully saturated rings. The maximum Gasteiger partial charge on any atom is 0.0494 e. The highest BCUT2D eigenvalue weighted by Gasteiger charge is 2.07. The number of rotatable bonds is 4. The van der Waals surface area contributed by atoms with Crippen molar-refractivity contribution in [3.63, 3.8) is 0 Å². The van der Waals surface area contributed by atoms with Crippen molar-refractivity contribution < 1.29 is 0 Å². The van der Waals surface area contributed by atoms with Crippen LogP contribution in [0.5, 0.6) is 0 Å². The van der Waals surface area contributed by atoms with Gasteiger partial charge in [-0.15, -0.1) is 11.6 Å². The summed E-state index contributed by atoms with van der Waals surface area (Å²) >= 11 is 5.98. The molecule has 0 saturated heterocycles. The fourth-order valence-electron chi connectivity index (χ4n) is 2.05. The van der Waals surface area contributed by atoms with Gasteiger partial charge in [-0.25, -0.2) is 0 Å². The normalized spacial score (nSPS) is 10.4. The molecule has 0 aliphatic rings. The lowest BCUT2D eigenvalue weighted by atomic mass is 10.1. The molecule has 94 valence electrons. The molecule has 0 aliphatic carbocycles. The van der Waals surface area contributed by atoms with Gasteiger partial charge in [0.1, 0.15) is 0 Å². The molecule has 0 heterocycles. The van der Waals surface area contributed by atoms with Crippen LogP contribution in [0.15, 0.2) is 48.5 Å². The van der Waals surface area contributed by atoms with Crippen LogP contribution in [0.25, 0.3) is 0 Å². The highest BCUT2D eigenvalue weighted by atomic mass is 35.5. The van der Waals surface area contributed by atoms with Gasteiger partial charge in [0, 0.05) is 24.3 Å². The first-order valence-electron chi connectivity index (χ1n) is 6.22. The number of para-hydroxylation sites is 1. The molecule has 0 unspecified atom stereocenters. The predicted molar refractivity (Wildman–Crippen MR) is 79.9 cm³/mol. The van der Waals surface area contributed by atoms with Crippen molar-refractivity contribution in [1.29, 1.82) is 0 Å². The second-order valence-electron chi connectivity index (χ2n) is 4.34. The summed E-state index contributed by atoms with van der Waals surface area (Å²) in [5.41, 5.74) is 4.86. The van der Waals surface area contributed by atoms with Crippen LogP contribution in [-0.4, -0.2) is 7.05 Å². The van der Waals surface area contributed by atoms with Crippen molar-refractivity contribution in [2.24, 2.45) is 0 Å². The van der Waals surface area contributed by atoms with Gasteiger partial charge in [-0.2, -0.15) is 0 Å². The zero-order chi connectivity index (χ0) is 13.0. The summed E-state index contributed by atoms with van der Waals surface area (Å²) in [4.78, 5) is 2.18. The summed E-state index contributed by atoms with van der Waals surface area (Å²) in [6.45, 7) is 2.17. The van der Waals surface area contributed by atoms with E-state index in [4.69, 9.17) is 11.6 Å². The molecule has 18 heavy (non-hydrogen) atoms. The number of benzene rings is 2. The minimum Gasteiger partial charge on any atom is -0.344 e. The molecule has 2 aromatic carbocycles. The molecule has 0 amide bonds. The van der Waals surface area contributed by atoms with Crippen LogP contribution in [0.2, 0.25) is 0 Å². The fraction of sp³-hybridized carbons (Fsp3) is 0.250. The van der Waals surface area contributed by atoms with Crippen LogP contribution in [0.1, 0.15) is 18.1 Å². The Kier molecular flexibility index (Phi) is 4.27. The van der Waals surface area contributed by atoms with Crippen molar-refractivity contribution >= 4 is 23.0 Å². The standard InChI is InChI=1S/C16H18ClN/c1-3-13-8-10-15(11-9-13)18(2)16-7-5-4-6-14(16)12-17/h4-11H,3,12H2,1-2H3. The van der Waals surface area contributed by atoms with E-state index in [-0.39, 0.29) is 0 Å². The molecule has 0 spiro atoms. The molecule has 2 heteroatoms. The quantitative estimate of drug-likeness (QED) is 0.716. The van der Waals surface area contributed by atoms with E-state index in [0.29, 0.717) is 5.88 Å². The number of hydrogen-bond acceptors (Lipinski definition) is 1. The van der Waals surface area contributed by atoms with E-state index in [2.05, 4.69) is 55.3 Å². The summed E-state index contributed by atoms with van der Waals surface area (Å²) in [5.74, 6) is 0.535. The van der Waals surface area contributed by atoms with Crippen molar-refractivity contribution in [2.75, 3.05) is 11.9 Å². The van der Waals surface area contributed by atoms with E-state index in [0.717, 1.165) is 17.7 Å². The third-order valence-corrected chi connectivity index (χ3v) is 3.52. The number of aryl methyl sites for hydroxylation is 1. The fourth-order valence-corrected chi connectivity index (χ4v) is 2.27. The third-order valence-electron chi connectivity index (χ3n) is 3.23. The minimum absolute atomic E-state index is 0.535. The second-order valence-corrected chi connectivity index (χ2v) is 4.61. The summed E-state index contributed by atoms with van der Waals surface area (Å²) in [5, 5.41) is 0. The predicted octanol–water partition coefficient (Wildman–Crippen LogP) is 4.76. The molecule has 2 rings (SSSR count). The maximum absolute atomic E-state index is 5.98. The van der Waals surface area contributed by atoms with Crippen LogP contribution in [-0.2, 0) is 12.3 Å². The van der Waals surface area contributed by atoms with Gasteiger partial charge in [-0.1, -0.05) is 37.3 Å². The Morgan fingerprint density at radius 1 is 1.00 bits per heavy atom. The lowest BCUT2D eigenvalue weighted by molar-refractivity contribution is 1.13. The molecule has 0 N–H and O–H groups in total. The second kappa shape index (κ2) is 5.92. The highest BCUT2D eigenvalue weighted by Crippen LogP contribution is 2.28. The van der Waals surface area contributed by atoms with Crippen LogP contribution < -0.4 is 4.90 Å². The summed E-state index contributed by atoms with van der Waals surface area (Å²) in [6.07, 6.45) is 1.07. The summed E-state index contributed by atoms with van der Waals surface area (Å²) < 4.78 is 0. The smallest absolute Gasteiger partial charge is 0.0494 e. The monoisotopic (exact) mass is 259 g/mol. The highest BCUT2D eigenvalue weighted by molar-refractivity contribution is 6.17. The molecule has 0 saturated carbocycles. The van der Waals surface area contributed by atoms with Gasteiger partial charge in [0.05, 0.1) is 0 Å². The third kappa shape index (κ3) is 2.68. The van der Waals surface area contributed by atoms with Gasteiger partial charge >= 0.3 is 0 Å². The van der Waals surface area contributed by atoms with Crippen molar-refractivity contribution in [1.82, 2.24) is 0 Å². The Labute approximate surface area is 114 Å². The number of anilines is 2. The molecular weight excluding hydrogens is 242 g/mol. The van der Waals surface area contributed by atoms with Crippen molar-refractivity contribution in [2.45, 2.75) is 19.2 Å². The van der Waals surface area contributed by atoms with Crippen LogP contribution in [0.4, 0.5) is 11.4 Å². The van der Waals surface area contributed by atoms with Gasteiger partial charge in [-0.05, 0) is 35.7 Å². The van der Waals surface area contributed by atoms with Crippen molar-refractivity contribution in [3.8, 4) is 0 Å². The molecule has 0 bridgehead atoms. The number of nitrogens with zero attached hydrogens (tertiary/aromatic N) is 1. The zero-order valence-electron chi connectivity index (χ0n) is 10.9. The lowest BCUT2D eigenvalue weighted by Gasteiger charge is -2.22. The Bertz CT molecular complexity index is 505. The van der Waals surface area contributed by atoms with E-state index >= 15 is 0 Å². The van der Waals surface area contributed by atoms with Gasteiger partial charge < -0.3 is 4.90 Å². The summed E-state index contributed by atoms with van der Waals surface area (Å²) in [6, 6.07) is 16.9. The molecule has 0 aromatic heterocycles. The first-order valence-corrected chi connectivity index (χ1v) is 6.76. The Morgan fingerprint density at radius 3 is 2.28 bits per heavy atom. The van der Waals surface area contributed by atoms with Gasteiger partial charge in [-0.3, -0.25) is 0 Å². The first kappa shape index (κ1) is 13.0. The molecular formula is C16H18ClN. The molecule has 0 atom stereocenters. The molecule has 1 nitrogen and oxygen atoms in total. The topological polar surface area (TPSA) is 3.24 Å². The van der Waals surface area contributed by atoms with E-state index in [1.165, 1.54) is 11.3 Å². The van der Waals surface area contributed by atoms with E-state index in [1.807, 2.05) is 12.1 Å². The Balaban J connectivity index is 2.31. The lowest BCUT2D eigenvalue weighted by Crippen LogP contribution is -2.11. The molecule has 0 radical (unpaired) electrons. The van der Waals surface area contributed by atoms with Crippen LogP contribution in [0, 0.1) is 0 Å². The van der Waals surface area contributed by atoms with E-state index < -0.39 is 0 Å². The number of halogens is 1. The number of alkyl halides is 1. The Hall–Kier alpha value is -1.47. The average molecular weight is 260 g/mol. The van der Waals surface area contributed by atoms with Gasteiger partial charge in [0.25, 0.3) is 0 Å². The van der Waals surface area contributed by atoms with E-state index in [1.54, 1.807) is 0 Å². The van der Waals surface area contributed by atoms with Crippen molar-refractivity contribution in [3.05, 3.63) is 59.7 Å². The van der Waals surface area contributed by atoms with E-state index in [9.17, 15) is 0 Å². The largest absolute Gasteiger partial charge is 0.344 e.